The topological polar surface area (TPSA) is 38.5 Å². The number of aryl methyl sites for hydroxylation is 1. The van der Waals surface area contributed by atoms with Crippen molar-refractivity contribution in [3.63, 3.8) is 0 Å². The molecular formula is C15H24N2O. The molecule has 18 heavy (non-hydrogen) atoms. The number of anilines is 1. The van der Waals surface area contributed by atoms with Gasteiger partial charge in [0.15, 0.2) is 0 Å². The molecule has 1 aromatic carbocycles. The summed E-state index contributed by atoms with van der Waals surface area (Å²) in [7, 11) is 0. The highest BCUT2D eigenvalue weighted by molar-refractivity contribution is 5.56. The summed E-state index contributed by atoms with van der Waals surface area (Å²) in [4.78, 5) is 2.41. The van der Waals surface area contributed by atoms with Crippen LogP contribution in [0.3, 0.4) is 0 Å². The lowest BCUT2D eigenvalue weighted by Crippen LogP contribution is -2.39. The molecule has 0 amide bonds. The summed E-state index contributed by atoms with van der Waals surface area (Å²) in [5.74, 6) is 0. The minimum atomic E-state index is -0.170. The third kappa shape index (κ3) is 3.47. The molecule has 0 atom stereocenters. The van der Waals surface area contributed by atoms with E-state index in [2.05, 4.69) is 43.9 Å². The van der Waals surface area contributed by atoms with Crippen LogP contribution in [0, 0.1) is 6.92 Å². The molecule has 0 aliphatic carbocycles. The van der Waals surface area contributed by atoms with Crippen molar-refractivity contribution in [1.29, 1.82) is 0 Å². The number of hydrogen-bond donors (Lipinski definition) is 1. The van der Waals surface area contributed by atoms with Gasteiger partial charge in [-0.3, -0.25) is 0 Å². The number of rotatable bonds is 3. The molecule has 0 unspecified atom stereocenters. The lowest BCUT2D eigenvalue weighted by atomic mass is 9.94. The number of benzene rings is 1. The van der Waals surface area contributed by atoms with E-state index in [1.54, 1.807) is 0 Å². The van der Waals surface area contributed by atoms with Gasteiger partial charge in [-0.2, -0.15) is 0 Å². The average Bonchev–Trinajstić information content (AvgIpc) is 2.31. The van der Waals surface area contributed by atoms with Crippen molar-refractivity contribution < 1.29 is 4.74 Å². The SMILES string of the molecule is Cc1ccc(CC(C)(C)N)c(N2CCOCC2)c1. The molecule has 1 aromatic rings. The summed E-state index contributed by atoms with van der Waals surface area (Å²) >= 11 is 0. The zero-order valence-electron chi connectivity index (χ0n) is 11.7. The summed E-state index contributed by atoms with van der Waals surface area (Å²) < 4.78 is 5.43. The van der Waals surface area contributed by atoms with E-state index in [1.807, 2.05) is 0 Å². The van der Waals surface area contributed by atoms with Crippen molar-refractivity contribution in [3.8, 4) is 0 Å². The van der Waals surface area contributed by atoms with E-state index >= 15 is 0 Å². The van der Waals surface area contributed by atoms with E-state index in [0.29, 0.717) is 0 Å². The predicted octanol–water partition coefficient (Wildman–Crippen LogP) is 2.11. The van der Waals surface area contributed by atoms with Crippen LogP contribution in [0.15, 0.2) is 18.2 Å². The summed E-state index contributed by atoms with van der Waals surface area (Å²) in [5.41, 5.74) is 9.96. The highest BCUT2D eigenvalue weighted by atomic mass is 16.5. The molecule has 3 nitrogen and oxygen atoms in total. The minimum absolute atomic E-state index is 0.170. The van der Waals surface area contributed by atoms with Gasteiger partial charge in [0.05, 0.1) is 13.2 Å². The van der Waals surface area contributed by atoms with E-state index in [0.717, 1.165) is 32.7 Å². The molecule has 0 radical (unpaired) electrons. The number of nitrogens with two attached hydrogens (primary N) is 1. The minimum Gasteiger partial charge on any atom is -0.378 e. The molecule has 2 N–H and O–H groups in total. The summed E-state index contributed by atoms with van der Waals surface area (Å²) in [6.07, 6.45) is 0.903. The molecular weight excluding hydrogens is 224 g/mol. The second kappa shape index (κ2) is 5.29. The van der Waals surface area contributed by atoms with Gasteiger partial charge >= 0.3 is 0 Å². The van der Waals surface area contributed by atoms with Crippen molar-refractivity contribution in [3.05, 3.63) is 29.3 Å². The lowest BCUT2D eigenvalue weighted by molar-refractivity contribution is 0.122. The maximum atomic E-state index is 6.16. The quantitative estimate of drug-likeness (QED) is 0.890. The van der Waals surface area contributed by atoms with Crippen LogP contribution in [0.5, 0.6) is 0 Å². The molecule has 100 valence electrons. The fourth-order valence-electron chi connectivity index (χ4n) is 2.41. The molecule has 1 aliphatic rings. The first-order chi connectivity index (χ1) is 8.46. The number of nitrogens with zero attached hydrogens (tertiary/aromatic N) is 1. The molecule has 1 saturated heterocycles. The van der Waals surface area contributed by atoms with Crippen molar-refractivity contribution in [2.45, 2.75) is 32.7 Å². The van der Waals surface area contributed by atoms with Crippen molar-refractivity contribution in [1.82, 2.24) is 0 Å². The maximum absolute atomic E-state index is 6.16. The Hall–Kier alpha value is -1.06. The molecule has 1 fully saturated rings. The van der Waals surface area contributed by atoms with Crippen LogP contribution in [-0.4, -0.2) is 31.8 Å². The van der Waals surface area contributed by atoms with E-state index in [-0.39, 0.29) is 5.54 Å². The first-order valence-electron chi connectivity index (χ1n) is 6.67. The highest BCUT2D eigenvalue weighted by Gasteiger charge is 2.19. The smallest absolute Gasteiger partial charge is 0.0642 e. The number of ether oxygens (including phenoxy) is 1. The van der Waals surface area contributed by atoms with Gasteiger partial charge in [-0.25, -0.2) is 0 Å². The first-order valence-corrected chi connectivity index (χ1v) is 6.67. The van der Waals surface area contributed by atoms with Crippen LogP contribution in [-0.2, 0) is 11.2 Å². The average molecular weight is 248 g/mol. The van der Waals surface area contributed by atoms with E-state index < -0.39 is 0 Å². The van der Waals surface area contributed by atoms with E-state index in [1.165, 1.54) is 16.8 Å². The van der Waals surface area contributed by atoms with Gasteiger partial charge in [-0.15, -0.1) is 0 Å². The van der Waals surface area contributed by atoms with Gasteiger partial charge in [0.25, 0.3) is 0 Å². The Morgan fingerprint density at radius 3 is 2.56 bits per heavy atom. The van der Waals surface area contributed by atoms with Gasteiger partial charge in [-0.1, -0.05) is 12.1 Å². The highest BCUT2D eigenvalue weighted by Crippen LogP contribution is 2.26. The second-order valence-corrected chi connectivity index (χ2v) is 5.90. The summed E-state index contributed by atoms with van der Waals surface area (Å²) in [6.45, 7) is 9.88. The fraction of sp³-hybridized carbons (Fsp3) is 0.600. The zero-order valence-corrected chi connectivity index (χ0v) is 11.7. The Kier molecular flexibility index (Phi) is 3.93. The molecule has 2 rings (SSSR count). The molecule has 0 spiro atoms. The molecule has 1 heterocycles. The van der Waals surface area contributed by atoms with Crippen LogP contribution >= 0.6 is 0 Å². The van der Waals surface area contributed by atoms with Crippen molar-refractivity contribution >= 4 is 5.69 Å². The van der Waals surface area contributed by atoms with Crippen LogP contribution < -0.4 is 10.6 Å². The largest absolute Gasteiger partial charge is 0.378 e. The zero-order chi connectivity index (χ0) is 13.2. The van der Waals surface area contributed by atoms with E-state index in [9.17, 15) is 0 Å². The second-order valence-electron chi connectivity index (χ2n) is 5.90. The van der Waals surface area contributed by atoms with Crippen LogP contribution in [0.25, 0.3) is 0 Å². The van der Waals surface area contributed by atoms with Crippen LogP contribution in [0.4, 0.5) is 5.69 Å². The standard InChI is InChI=1S/C15H24N2O/c1-12-4-5-13(11-15(2,3)16)14(10-12)17-6-8-18-9-7-17/h4-5,10H,6-9,11,16H2,1-3H3. The molecule has 3 heteroatoms. The number of hydrogen-bond acceptors (Lipinski definition) is 3. The predicted molar refractivity (Wildman–Crippen MR) is 76.2 cm³/mol. The molecule has 0 saturated carbocycles. The van der Waals surface area contributed by atoms with Crippen LogP contribution in [0.2, 0.25) is 0 Å². The molecule has 0 aromatic heterocycles. The fourth-order valence-corrected chi connectivity index (χ4v) is 2.41. The summed E-state index contributed by atoms with van der Waals surface area (Å²) in [5, 5.41) is 0. The van der Waals surface area contributed by atoms with Gasteiger partial charge < -0.3 is 15.4 Å². The van der Waals surface area contributed by atoms with Crippen molar-refractivity contribution in [2.75, 3.05) is 31.2 Å². The van der Waals surface area contributed by atoms with Gasteiger partial charge in [-0.05, 0) is 44.4 Å². The Balaban J connectivity index is 2.28. The lowest BCUT2D eigenvalue weighted by Gasteiger charge is -2.32. The van der Waals surface area contributed by atoms with Crippen LogP contribution in [0.1, 0.15) is 25.0 Å². The Morgan fingerprint density at radius 2 is 1.94 bits per heavy atom. The normalized spacial score (nSPS) is 17.0. The van der Waals surface area contributed by atoms with Gasteiger partial charge in [0.2, 0.25) is 0 Å². The summed E-state index contributed by atoms with van der Waals surface area (Å²) in [6, 6.07) is 6.66. The Labute approximate surface area is 110 Å². The van der Waals surface area contributed by atoms with Gasteiger partial charge in [0.1, 0.15) is 0 Å². The number of morpholine rings is 1. The van der Waals surface area contributed by atoms with E-state index in [4.69, 9.17) is 10.5 Å². The third-order valence-electron chi connectivity index (χ3n) is 3.24. The van der Waals surface area contributed by atoms with Crippen molar-refractivity contribution in [2.24, 2.45) is 5.73 Å². The maximum Gasteiger partial charge on any atom is 0.0642 e. The molecule has 0 bridgehead atoms. The Bertz CT molecular complexity index is 403. The monoisotopic (exact) mass is 248 g/mol. The molecule has 1 aliphatic heterocycles. The third-order valence-corrected chi connectivity index (χ3v) is 3.24. The first kappa shape index (κ1) is 13.4. The van der Waals surface area contributed by atoms with Gasteiger partial charge in [0, 0.05) is 24.3 Å². The Morgan fingerprint density at radius 1 is 1.28 bits per heavy atom.